The average molecular weight is 280 g/mol. The van der Waals surface area contributed by atoms with Crippen molar-refractivity contribution in [3.8, 4) is 0 Å². The summed E-state index contributed by atoms with van der Waals surface area (Å²) in [7, 11) is 1.91. The Hall–Kier alpha value is -1.40. The molecule has 0 aliphatic carbocycles. The minimum atomic E-state index is -0.470. The van der Waals surface area contributed by atoms with Gasteiger partial charge in [0.1, 0.15) is 0 Å². The molecule has 1 aromatic heterocycles. The number of aryl methyl sites for hydroxylation is 2. The van der Waals surface area contributed by atoms with Crippen LogP contribution in [0.5, 0.6) is 0 Å². The van der Waals surface area contributed by atoms with Crippen LogP contribution in [-0.2, 0) is 23.1 Å². The van der Waals surface area contributed by atoms with E-state index in [2.05, 4.69) is 10.4 Å². The second-order valence-corrected chi connectivity index (χ2v) is 5.55. The average Bonchev–Trinajstić information content (AvgIpc) is 2.70. The van der Waals surface area contributed by atoms with E-state index in [0.717, 1.165) is 17.0 Å². The van der Waals surface area contributed by atoms with E-state index in [0.29, 0.717) is 39.1 Å². The highest BCUT2D eigenvalue weighted by atomic mass is 16.5. The zero-order valence-electron chi connectivity index (χ0n) is 12.5. The fraction of sp³-hybridized carbons (Fsp3) is 0.714. The lowest BCUT2D eigenvalue weighted by Crippen LogP contribution is -2.49. The van der Waals surface area contributed by atoms with Gasteiger partial charge in [0.2, 0.25) is 5.91 Å². The van der Waals surface area contributed by atoms with Gasteiger partial charge in [0.25, 0.3) is 0 Å². The maximum absolute atomic E-state index is 12.5. The number of hydrogen-bond donors (Lipinski definition) is 2. The molecule has 1 aliphatic heterocycles. The third-order valence-corrected chi connectivity index (χ3v) is 4.41. The van der Waals surface area contributed by atoms with Gasteiger partial charge in [-0.25, -0.2) is 0 Å². The van der Waals surface area contributed by atoms with Crippen molar-refractivity contribution < 1.29 is 9.53 Å². The lowest BCUT2D eigenvalue weighted by atomic mass is 9.79. The van der Waals surface area contributed by atoms with Crippen molar-refractivity contribution in [2.75, 3.05) is 19.8 Å². The van der Waals surface area contributed by atoms with Crippen LogP contribution >= 0.6 is 0 Å². The van der Waals surface area contributed by atoms with Crippen molar-refractivity contribution in [2.45, 2.75) is 33.2 Å². The van der Waals surface area contributed by atoms with Crippen LogP contribution in [0.25, 0.3) is 0 Å². The third-order valence-electron chi connectivity index (χ3n) is 4.41. The van der Waals surface area contributed by atoms with E-state index >= 15 is 0 Å². The van der Waals surface area contributed by atoms with Crippen LogP contribution in [0.2, 0.25) is 0 Å². The molecule has 20 heavy (non-hydrogen) atoms. The first-order valence-electron chi connectivity index (χ1n) is 7.05. The summed E-state index contributed by atoms with van der Waals surface area (Å²) in [5, 5.41) is 7.39. The summed E-state index contributed by atoms with van der Waals surface area (Å²) in [6, 6.07) is 0. The number of carbonyl (C=O) groups excluding carboxylic acids is 1. The molecule has 1 aromatic rings. The maximum Gasteiger partial charge on any atom is 0.227 e. The quantitative estimate of drug-likeness (QED) is 0.837. The highest BCUT2D eigenvalue weighted by Gasteiger charge is 2.38. The van der Waals surface area contributed by atoms with Crippen LogP contribution in [0, 0.1) is 19.3 Å². The molecule has 0 radical (unpaired) electrons. The van der Waals surface area contributed by atoms with E-state index in [-0.39, 0.29) is 5.91 Å². The summed E-state index contributed by atoms with van der Waals surface area (Å²) in [6.45, 7) is 6.06. The maximum atomic E-state index is 12.5. The monoisotopic (exact) mass is 280 g/mol. The SMILES string of the molecule is Cc1nn(C)c(C)c1CNC(=O)C1(CN)CCOCC1. The Balaban J connectivity index is 2.04. The predicted molar refractivity (Wildman–Crippen MR) is 76.1 cm³/mol. The Bertz CT molecular complexity index is 490. The molecule has 0 saturated carbocycles. The summed E-state index contributed by atoms with van der Waals surface area (Å²) < 4.78 is 7.17. The van der Waals surface area contributed by atoms with E-state index in [1.165, 1.54) is 0 Å². The normalized spacial score (nSPS) is 18.0. The number of aromatic nitrogens is 2. The zero-order chi connectivity index (χ0) is 14.8. The van der Waals surface area contributed by atoms with Gasteiger partial charge >= 0.3 is 0 Å². The highest BCUT2D eigenvalue weighted by Crippen LogP contribution is 2.29. The molecule has 6 heteroatoms. The highest BCUT2D eigenvalue weighted by molar-refractivity contribution is 5.83. The van der Waals surface area contributed by atoms with Crippen molar-refractivity contribution in [2.24, 2.45) is 18.2 Å². The molecule has 1 fully saturated rings. The van der Waals surface area contributed by atoms with E-state index < -0.39 is 5.41 Å². The van der Waals surface area contributed by atoms with Crippen molar-refractivity contribution >= 4 is 5.91 Å². The van der Waals surface area contributed by atoms with Gasteiger partial charge in [0, 0.05) is 44.6 Å². The van der Waals surface area contributed by atoms with Gasteiger partial charge in [-0.1, -0.05) is 0 Å². The number of hydrogen-bond acceptors (Lipinski definition) is 4. The molecule has 1 aliphatic rings. The Morgan fingerprint density at radius 2 is 2.10 bits per heavy atom. The van der Waals surface area contributed by atoms with Gasteiger partial charge in [0.05, 0.1) is 11.1 Å². The van der Waals surface area contributed by atoms with Crippen LogP contribution in [-0.4, -0.2) is 35.4 Å². The molecule has 0 bridgehead atoms. The zero-order valence-corrected chi connectivity index (χ0v) is 12.5. The van der Waals surface area contributed by atoms with E-state index in [1.54, 1.807) is 0 Å². The minimum absolute atomic E-state index is 0.0333. The summed E-state index contributed by atoms with van der Waals surface area (Å²) in [5.74, 6) is 0.0333. The largest absolute Gasteiger partial charge is 0.381 e. The molecule has 0 aromatic carbocycles. The fourth-order valence-corrected chi connectivity index (χ4v) is 2.72. The number of rotatable bonds is 4. The molecule has 0 unspecified atom stereocenters. The van der Waals surface area contributed by atoms with Gasteiger partial charge < -0.3 is 15.8 Å². The van der Waals surface area contributed by atoms with Crippen LogP contribution < -0.4 is 11.1 Å². The van der Waals surface area contributed by atoms with E-state index in [9.17, 15) is 4.79 Å². The lowest BCUT2D eigenvalue weighted by Gasteiger charge is -2.34. The molecule has 1 saturated heterocycles. The van der Waals surface area contributed by atoms with Gasteiger partial charge in [-0.3, -0.25) is 9.48 Å². The van der Waals surface area contributed by atoms with Crippen molar-refractivity contribution in [3.05, 3.63) is 17.0 Å². The Morgan fingerprint density at radius 3 is 2.60 bits per heavy atom. The molecule has 6 nitrogen and oxygen atoms in total. The summed E-state index contributed by atoms with van der Waals surface area (Å²) in [4.78, 5) is 12.5. The molecule has 2 heterocycles. The van der Waals surface area contributed by atoms with E-state index in [4.69, 9.17) is 10.5 Å². The number of nitrogens with two attached hydrogens (primary N) is 1. The van der Waals surface area contributed by atoms with Crippen molar-refractivity contribution in [1.29, 1.82) is 0 Å². The molecule has 1 amide bonds. The summed E-state index contributed by atoms with van der Waals surface area (Å²) >= 11 is 0. The topological polar surface area (TPSA) is 82.2 Å². The van der Waals surface area contributed by atoms with Crippen LogP contribution in [0.4, 0.5) is 0 Å². The third kappa shape index (κ3) is 2.71. The van der Waals surface area contributed by atoms with Gasteiger partial charge in [-0.15, -0.1) is 0 Å². The Morgan fingerprint density at radius 1 is 1.45 bits per heavy atom. The number of nitrogens with zero attached hydrogens (tertiary/aromatic N) is 2. The Labute approximate surface area is 119 Å². The molecule has 112 valence electrons. The number of carbonyl (C=O) groups is 1. The van der Waals surface area contributed by atoms with Gasteiger partial charge in [-0.2, -0.15) is 5.10 Å². The van der Waals surface area contributed by atoms with Crippen LogP contribution in [0.15, 0.2) is 0 Å². The minimum Gasteiger partial charge on any atom is -0.381 e. The van der Waals surface area contributed by atoms with Gasteiger partial charge in [0.15, 0.2) is 0 Å². The second-order valence-electron chi connectivity index (χ2n) is 5.55. The molecular formula is C14H24N4O2. The smallest absolute Gasteiger partial charge is 0.227 e. The molecule has 3 N–H and O–H groups in total. The summed E-state index contributed by atoms with van der Waals surface area (Å²) in [5.41, 5.74) is 8.49. The molecule has 0 atom stereocenters. The number of nitrogens with one attached hydrogen (secondary N) is 1. The Kier molecular flexibility index (Phi) is 4.45. The number of amides is 1. The molecule has 0 spiro atoms. The lowest BCUT2D eigenvalue weighted by molar-refractivity contribution is -0.136. The standard InChI is InChI=1S/C14H24N4O2/c1-10-12(11(2)18(3)17-10)8-16-13(19)14(9-15)4-6-20-7-5-14/h4-9,15H2,1-3H3,(H,16,19). The van der Waals surface area contributed by atoms with E-state index in [1.807, 2.05) is 25.6 Å². The van der Waals surface area contributed by atoms with Gasteiger partial charge in [-0.05, 0) is 26.7 Å². The first kappa shape index (κ1) is 15.0. The summed E-state index contributed by atoms with van der Waals surface area (Å²) in [6.07, 6.45) is 1.39. The fourth-order valence-electron chi connectivity index (χ4n) is 2.72. The molecular weight excluding hydrogens is 256 g/mol. The van der Waals surface area contributed by atoms with Crippen LogP contribution in [0.1, 0.15) is 29.8 Å². The number of ether oxygens (including phenoxy) is 1. The molecule has 2 rings (SSSR count). The van der Waals surface area contributed by atoms with Crippen molar-refractivity contribution in [3.63, 3.8) is 0 Å². The van der Waals surface area contributed by atoms with Crippen LogP contribution in [0.3, 0.4) is 0 Å². The first-order chi connectivity index (χ1) is 9.50. The second kappa shape index (κ2) is 5.93. The van der Waals surface area contributed by atoms with Crippen molar-refractivity contribution in [1.82, 2.24) is 15.1 Å². The predicted octanol–water partition coefficient (Wildman–Crippen LogP) is 0.409. The first-order valence-corrected chi connectivity index (χ1v) is 7.05.